The van der Waals surface area contributed by atoms with Crippen LogP contribution in [0, 0.1) is 12.8 Å². The van der Waals surface area contributed by atoms with Crippen LogP contribution in [0.25, 0.3) is 0 Å². The Labute approximate surface area is 142 Å². The molecule has 6 nitrogen and oxygen atoms in total. The van der Waals surface area contributed by atoms with Crippen LogP contribution in [0.4, 0.5) is 5.82 Å². The van der Waals surface area contributed by atoms with Gasteiger partial charge in [-0.05, 0) is 43.9 Å². The molecule has 24 heavy (non-hydrogen) atoms. The second-order valence-corrected chi connectivity index (χ2v) is 6.52. The number of carbonyl (C=O) groups is 1. The molecule has 1 amide bonds. The quantitative estimate of drug-likeness (QED) is 0.915. The van der Waals surface area contributed by atoms with Crippen LogP contribution in [0.2, 0.25) is 0 Å². The van der Waals surface area contributed by atoms with Crippen LogP contribution in [0.3, 0.4) is 0 Å². The van der Waals surface area contributed by atoms with Crippen LogP contribution in [0.1, 0.15) is 35.8 Å². The van der Waals surface area contributed by atoms with Crippen molar-refractivity contribution < 1.29 is 4.79 Å². The highest BCUT2D eigenvalue weighted by atomic mass is 16.1. The standard InChI is InChI=1S/C18H25N5O/c1-14-5-4-11-22(13-14)17-16(6-3-8-19-17)18(24)20-10-12-23-15(2)7-9-21-23/h3,6-9,14H,4-5,10-13H2,1-2H3,(H,20,24). The van der Waals surface area contributed by atoms with E-state index in [0.29, 0.717) is 24.6 Å². The second-order valence-electron chi connectivity index (χ2n) is 6.52. The first kappa shape index (κ1) is 16.5. The number of carbonyl (C=O) groups excluding carboxylic acids is 1. The maximum absolute atomic E-state index is 12.6. The molecule has 3 rings (SSSR count). The van der Waals surface area contributed by atoms with Gasteiger partial charge in [0.05, 0.1) is 12.1 Å². The van der Waals surface area contributed by atoms with E-state index in [0.717, 1.165) is 31.0 Å². The maximum atomic E-state index is 12.6. The molecule has 1 unspecified atom stereocenters. The molecule has 2 aromatic heterocycles. The van der Waals surface area contributed by atoms with E-state index >= 15 is 0 Å². The van der Waals surface area contributed by atoms with Gasteiger partial charge in [0.25, 0.3) is 5.91 Å². The summed E-state index contributed by atoms with van der Waals surface area (Å²) in [6.07, 6.45) is 5.93. The highest BCUT2D eigenvalue weighted by molar-refractivity contribution is 5.98. The van der Waals surface area contributed by atoms with Crippen molar-refractivity contribution in [3.05, 3.63) is 41.9 Å². The lowest BCUT2D eigenvalue weighted by molar-refractivity contribution is 0.0952. The third-order valence-corrected chi connectivity index (χ3v) is 4.53. The number of anilines is 1. The third-order valence-electron chi connectivity index (χ3n) is 4.53. The molecule has 0 spiro atoms. The minimum atomic E-state index is -0.0684. The lowest BCUT2D eigenvalue weighted by Crippen LogP contribution is -2.37. The van der Waals surface area contributed by atoms with E-state index in [1.165, 1.54) is 6.42 Å². The van der Waals surface area contributed by atoms with E-state index in [-0.39, 0.29) is 5.91 Å². The van der Waals surface area contributed by atoms with Gasteiger partial charge in [0.15, 0.2) is 0 Å². The molecule has 0 radical (unpaired) electrons. The SMILES string of the molecule is Cc1ccnn1CCNC(=O)c1cccnc1N1CCCC(C)C1. The van der Waals surface area contributed by atoms with Gasteiger partial charge in [0, 0.05) is 37.7 Å². The smallest absolute Gasteiger partial charge is 0.255 e. The van der Waals surface area contributed by atoms with Crippen molar-refractivity contribution in [1.82, 2.24) is 20.1 Å². The molecular formula is C18H25N5O. The predicted octanol–water partition coefficient (Wildman–Crippen LogP) is 2.25. The first-order valence-electron chi connectivity index (χ1n) is 8.61. The van der Waals surface area contributed by atoms with Gasteiger partial charge in [-0.2, -0.15) is 5.10 Å². The summed E-state index contributed by atoms with van der Waals surface area (Å²) in [5.41, 5.74) is 1.75. The summed E-state index contributed by atoms with van der Waals surface area (Å²) in [6.45, 7) is 7.40. The third kappa shape index (κ3) is 3.75. The minimum Gasteiger partial charge on any atom is -0.356 e. The van der Waals surface area contributed by atoms with Crippen LogP contribution in [-0.4, -0.2) is 40.3 Å². The summed E-state index contributed by atoms with van der Waals surface area (Å²) in [6, 6.07) is 5.64. The summed E-state index contributed by atoms with van der Waals surface area (Å²) in [4.78, 5) is 19.3. The van der Waals surface area contributed by atoms with Gasteiger partial charge in [-0.15, -0.1) is 0 Å². The fourth-order valence-electron chi connectivity index (χ4n) is 3.21. The molecule has 0 aromatic carbocycles. The van der Waals surface area contributed by atoms with Crippen LogP contribution < -0.4 is 10.2 Å². The molecule has 0 aliphatic carbocycles. The Hall–Kier alpha value is -2.37. The van der Waals surface area contributed by atoms with E-state index in [2.05, 4.69) is 27.2 Å². The highest BCUT2D eigenvalue weighted by Gasteiger charge is 2.22. The number of pyridine rings is 1. The van der Waals surface area contributed by atoms with Crippen LogP contribution in [0.5, 0.6) is 0 Å². The van der Waals surface area contributed by atoms with Crippen molar-refractivity contribution in [2.75, 3.05) is 24.5 Å². The number of aryl methyl sites for hydroxylation is 1. The number of nitrogens with one attached hydrogen (secondary N) is 1. The molecule has 1 N–H and O–H groups in total. The van der Waals surface area contributed by atoms with Gasteiger partial charge < -0.3 is 10.2 Å². The number of rotatable bonds is 5. The fourth-order valence-corrected chi connectivity index (χ4v) is 3.21. The number of hydrogen-bond acceptors (Lipinski definition) is 4. The van der Waals surface area contributed by atoms with Crippen LogP contribution in [0.15, 0.2) is 30.6 Å². The summed E-state index contributed by atoms with van der Waals surface area (Å²) >= 11 is 0. The lowest BCUT2D eigenvalue weighted by Gasteiger charge is -2.32. The highest BCUT2D eigenvalue weighted by Crippen LogP contribution is 2.24. The molecule has 1 aliphatic heterocycles. The zero-order chi connectivity index (χ0) is 16.9. The first-order valence-corrected chi connectivity index (χ1v) is 8.61. The maximum Gasteiger partial charge on any atom is 0.255 e. The molecule has 2 aromatic rings. The topological polar surface area (TPSA) is 63.1 Å². The largest absolute Gasteiger partial charge is 0.356 e. The van der Waals surface area contributed by atoms with Crippen LogP contribution in [-0.2, 0) is 6.54 Å². The second kappa shape index (κ2) is 7.47. The van der Waals surface area contributed by atoms with Gasteiger partial charge in [0.2, 0.25) is 0 Å². The number of nitrogens with zero attached hydrogens (tertiary/aromatic N) is 4. The molecule has 1 aliphatic rings. The number of amides is 1. The van der Waals surface area contributed by atoms with Crippen molar-refractivity contribution in [3.8, 4) is 0 Å². The average Bonchev–Trinajstić information content (AvgIpc) is 3.00. The van der Waals surface area contributed by atoms with E-state index < -0.39 is 0 Å². The minimum absolute atomic E-state index is 0.0684. The number of hydrogen-bond donors (Lipinski definition) is 1. The van der Waals surface area contributed by atoms with Gasteiger partial charge in [0.1, 0.15) is 5.82 Å². The van der Waals surface area contributed by atoms with Crippen molar-refractivity contribution in [2.45, 2.75) is 33.2 Å². The predicted molar refractivity (Wildman–Crippen MR) is 94.1 cm³/mol. The Bertz CT molecular complexity index is 696. The van der Waals surface area contributed by atoms with E-state index in [4.69, 9.17) is 0 Å². The Morgan fingerprint density at radius 1 is 1.38 bits per heavy atom. The van der Waals surface area contributed by atoms with Gasteiger partial charge in [-0.3, -0.25) is 9.48 Å². The monoisotopic (exact) mass is 327 g/mol. The zero-order valence-electron chi connectivity index (χ0n) is 14.4. The van der Waals surface area contributed by atoms with Gasteiger partial charge >= 0.3 is 0 Å². The summed E-state index contributed by atoms with van der Waals surface area (Å²) in [7, 11) is 0. The lowest BCUT2D eigenvalue weighted by atomic mass is 10.00. The molecule has 128 valence electrons. The summed E-state index contributed by atoms with van der Waals surface area (Å²) in [5, 5.41) is 7.22. The van der Waals surface area contributed by atoms with Crippen molar-refractivity contribution >= 4 is 11.7 Å². The Balaban J connectivity index is 1.65. The number of aromatic nitrogens is 3. The molecule has 1 atom stereocenters. The Morgan fingerprint density at radius 2 is 2.25 bits per heavy atom. The van der Waals surface area contributed by atoms with Crippen molar-refractivity contribution in [1.29, 1.82) is 0 Å². The fraction of sp³-hybridized carbons (Fsp3) is 0.500. The normalized spacial score (nSPS) is 17.8. The van der Waals surface area contributed by atoms with E-state index in [1.54, 1.807) is 12.4 Å². The van der Waals surface area contributed by atoms with E-state index in [1.807, 2.05) is 29.8 Å². The molecule has 0 bridgehead atoms. The van der Waals surface area contributed by atoms with E-state index in [9.17, 15) is 4.79 Å². The summed E-state index contributed by atoms with van der Waals surface area (Å²) < 4.78 is 1.89. The Kier molecular flexibility index (Phi) is 5.13. The zero-order valence-corrected chi connectivity index (χ0v) is 14.4. The molecule has 3 heterocycles. The molecule has 1 saturated heterocycles. The first-order chi connectivity index (χ1) is 11.6. The van der Waals surface area contributed by atoms with Crippen LogP contribution >= 0.6 is 0 Å². The van der Waals surface area contributed by atoms with Crippen molar-refractivity contribution in [3.63, 3.8) is 0 Å². The number of piperidine rings is 1. The summed E-state index contributed by atoms with van der Waals surface area (Å²) in [5.74, 6) is 1.37. The van der Waals surface area contributed by atoms with Gasteiger partial charge in [-0.1, -0.05) is 6.92 Å². The molecule has 1 fully saturated rings. The van der Waals surface area contributed by atoms with Gasteiger partial charge in [-0.25, -0.2) is 4.98 Å². The Morgan fingerprint density at radius 3 is 3.00 bits per heavy atom. The average molecular weight is 327 g/mol. The molecule has 0 saturated carbocycles. The molecular weight excluding hydrogens is 302 g/mol. The molecule has 6 heteroatoms. The van der Waals surface area contributed by atoms with Crippen molar-refractivity contribution in [2.24, 2.45) is 5.92 Å².